The van der Waals surface area contributed by atoms with E-state index >= 15 is 0 Å². The topological polar surface area (TPSA) is 12.0 Å². The fourth-order valence-electron chi connectivity index (χ4n) is 3.80. The molecule has 3 atom stereocenters. The molecule has 124 valence electrons. The molecule has 0 saturated carbocycles. The Morgan fingerprint density at radius 3 is 2.67 bits per heavy atom. The van der Waals surface area contributed by atoms with Gasteiger partial charge in [-0.25, -0.2) is 0 Å². The second kappa shape index (κ2) is 5.66. The Morgan fingerprint density at radius 2 is 1.92 bits per heavy atom. The van der Waals surface area contributed by atoms with Crippen LogP contribution < -0.4 is 5.32 Å². The molecule has 1 nitrogen and oxygen atoms in total. The van der Waals surface area contributed by atoms with E-state index in [2.05, 4.69) is 45.5 Å². The highest BCUT2D eigenvalue weighted by Crippen LogP contribution is 2.50. The van der Waals surface area contributed by atoms with Gasteiger partial charge in [-0.15, -0.1) is 0 Å². The van der Waals surface area contributed by atoms with E-state index in [-0.39, 0.29) is 17.9 Å². The van der Waals surface area contributed by atoms with Gasteiger partial charge in [-0.2, -0.15) is 13.2 Å². The van der Waals surface area contributed by atoms with Crippen LogP contribution in [0.15, 0.2) is 59.1 Å². The molecule has 2 aromatic carbocycles. The molecule has 0 spiro atoms. The van der Waals surface area contributed by atoms with Crippen molar-refractivity contribution in [1.82, 2.24) is 0 Å². The van der Waals surface area contributed by atoms with Crippen molar-refractivity contribution < 1.29 is 13.2 Å². The van der Waals surface area contributed by atoms with Crippen LogP contribution in [0.5, 0.6) is 0 Å². The van der Waals surface area contributed by atoms with Crippen molar-refractivity contribution in [3.8, 4) is 0 Å². The number of hydrogen-bond donors (Lipinski definition) is 1. The Morgan fingerprint density at radius 1 is 1.08 bits per heavy atom. The average molecular weight is 394 g/mol. The maximum atomic E-state index is 13.0. The number of rotatable bonds is 1. The Kier molecular flexibility index (Phi) is 3.71. The monoisotopic (exact) mass is 393 g/mol. The van der Waals surface area contributed by atoms with Crippen LogP contribution in [0.3, 0.4) is 0 Å². The Hall–Kier alpha value is -1.75. The third kappa shape index (κ3) is 2.65. The number of anilines is 1. The van der Waals surface area contributed by atoms with Crippen LogP contribution in [-0.4, -0.2) is 0 Å². The van der Waals surface area contributed by atoms with Crippen molar-refractivity contribution in [3.63, 3.8) is 0 Å². The molecule has 2 aromatic rings. The highest BCUT2D eigenvalue weighted by molar-refractivity contribution is 9.10. The van der Waals surface area contributed by atoms with Crippen LogP contribution in [-0.2, 0) is 6.18 Å². The van der Waals surface area contributed by atoms with Gasteiger partial charge >= 0.3 is 6.18 Å². The fourth-order valence-corrected chi connectivity index (χ4v) is 4.22. The molecule has 1 heterocycles. The highest BCUT2D eigenvalue weighted by Gasteiger charge is 2.39. The highest BCUT2D eigenvalue weighted by atomic mass is 79.9. The number of alkyl halides is 3. The molecule has 0 amide bonds. The summed E-state index contributed by atoms with van der Waals surface area (Å²) in [5.74, 6) is 0.253. The molecule has 0 unspecified atom stereocenters. The van der Waals surface area contributed by atoms with Crippen LogP contribution >= 0.6 is 15.9 Å². The van der Waals surface area contributed by atoms with Crippen molar-refractivity contribution in [1.29, 1.82) is 0 Å². The smallest absolute Gasteiger partial charge is 0.378 e. The zero-order valence-electron chi connectivity index (χ0n) is 12.6. The lowest BCUT2D eigenvalue weighted by Gasteiger charge is -2.38. The van der Waals surface area contributed by atoms with Gasteiger partial charge in [0.2, 0.25) is 0 Å². The van der Waals surface area contributed by atoms with Gasteiger partial charge in [-0.05, 0) is 53.8 Å². The van der Waals surface area contributed by atoms with Gasteiger partial charge in [0.05, 0.1) is 11.6 Å². The molecule has 0 saturated heterocycles. The molecule has 0 fully saturated rings. The average Bonchev–Trinajstić information content (AvgIpc) is 3.02. The van der Waals surface area contributed by atoms with Gasteiger partial charge < -0.3 is 5.32 Å². The van der Waals surface area contributed by atoms with E-state index in [0.29, 0.717) is 0 Å². The van der Waals surface area contributed by atoms with Gasteiger partial charge in [0.25, 0.3) is 0 Å². The molecule has 1 aliphatic heterocycles. The molecule has 0 bridgehead atoms. The maximum Gasteiger partial charge on any atom is 0.416 e. The molecule has 0 aromatic heterocycles. The summed E-state index contributed by atoms with van der Waals surface area (Å²) < 4.78 is 40.1. The van der Waals surface area contributed by atoms with Crippen LogP contribution in [0.4, 0.5) is 18.9 Å². The normalized spacial score (nSPS) is 25.1. The van der Waals surface area contributed by atoms with Crippen LogP contribution in [0.25, 0.3) is 0 Å². The van der Waals surface area contributed by atoms with E-state index in [0.717, 1.165) is 33.8 Å². The van der Waals surface area contributed by atoms with Crippen LogP contribution in [0.1, 0.15) is 35.1 Å². The lowest BCUT2D eigenvalue weighted by atomic mass is 9.76. The lowest BCUT2D eigenvalue weighted by Crippen LogP contribution is -2.29. The van der Waals surface area contributed by atoms with Crippen LogP contribution in [0, 0.1) is 5.92 Å². The van der Waals surface area contributed by atoms with Crippen LogP contribution in [0.2, 0.25) is 0 Å². The van der Waals surface area contributed by atoms with Gasteiger partial charge in [0.15, 0.2) is 0 Å². The standard InChI is InChI=1S/C19H15BrF3N/c20-13-4-1-3-11(9-13)18-15-6-2-5-14(15)16-10-12(19(21,22)23)7-8-17(16)24-18/h1-5,7-10,14-15,18,24H,6H2/t14-,15-,18+/m1/s1. The minimum Gasteiger partial charge on any atom is -0.378 e. The second-order valence-corrected chi connectivity index (χ2v) is 7.25. The van der Waals surface area contributed by atoms with Gasteiger partial charge in [-0.1, -0.05) is 40.2 Å². The molecule has 1 aliphatic carbocycles. The van der Waals surface area contributed by atoms with Crippen molar-refractivity contribution >= 4 is 21.6 Å². The van der Waals surface area contributed by atoms with Gasteiger partial charge in [0, 0.05) is 16.1 Å². The number of halogens is 4. The SMILES string of the molecule is FC(F)(F)c1ccc2c(c1)[C@@H]1C=CC[C@H]1[C@H](c1cccc(Br)c1)N2. The Labute approximate surface area is 146 Å². The lowest BCUT2D eigenvalue weighted by molar-refractivity contribution is -0.137. The second-order valence-electron chi connectivity index (χ2n) is 6.33. The van der Waals surface area contributed by atoms with Gasteiger partial charge in [-0.3, -0.25) is 0 Å². The summed E-state index contributed by atoms with van der Waals surface area (Å²) in [5.41, 5.74) is 2.10. The zero-order valence-corrected chi connectivity index (χ0v) is 14.2. The van der Waals surface area contributed by atoms with Crippen molar-refractivity contribution in [2.75, 3.05) is 5.32 Å². The minimum atomic E-state index is -4.31. The van der Waals surface area contributed by atoms with E-state index in [1.54, 1.807) is 6.07 Å². The number of benzene rings is 2. The molecular weight excluding hydrogens is 379 g/mol. The largest absolute Gasteiger partial charge is 0.416 e. The first-order chi connectivity index (χ1) is 11.4. The summed E-state index contributed by atoms with van der Waals surface area (Å²) in [6, 6.07) is 12.2. The summed E-state index contributed by atoms with van der Waals surface area (Å²) in [6.45, 7) is 0. The van der Waals surface area contributed by atoms with Gasteiger partial charge in [0.1, 0.15) is 0 Å². The summed E-state index contributed by atoms with van der Waals surface area (Å²) in [5, 5.41) is 3.46. The molecule has 0 radical (unpaired) electrons. The van der Waals surface area contributed by atoms with Crippen molar-refractivity contribution in [2.24, 2.45) is 5.92 Å². The molecule has 5 heteroatoms. The van der Waals surface area contributed by atoms with E-state index in [4.69, 9.17) is 0 Å². The Balaban J connectivity index is 1.78. The molecule has 24 heavy (non-hydrogen) atoms. The summed E-state index contributed by atoms with van der Waals surface area (Å²) in [6.07, 6.45) is 0.686. The third-order valence-electron chi connectivity index (χ3n) is 4.90. The number of fused-ring (bicyclic) bond motifs is 3. The quantitative estimate of drug-likeness (QED) is 0.561. The summed E-state index contributed by atoms with van der Waals surface area (Å²) in [7, 11) is 0. The first-order valence-electron chi connectivity index (χ1n) is 7.83. The zero-order chi connectivity index (χ0) is 16.9. The molecule has 1 N–H and O–H groups in total. The Bertz CT molecular complexity index is 812. The van der Waals surface area contributed by atoms with E-state index in [1.807, 2.05) is 12.1 Å². The number of nitrogens with one attached hydrogen (secondary N) is 1. The predicted molar refractivity (Wildman–Crippen MR) is 91.9 cm³/mol. The fraction of sp³-hybridized carbons (Fsp3) is 0.263. The number of hydrogen-bond acceptors (Lipinski definition) is 1. The predicted octanol–water partition coefficient (Wildman–Crippen LogP) is 6.29. The maximum absolute atomic E-state index is 13.0. The molecule has 4 rings (SSSR count). The van der Waals surface area contributed by atoms with E-state index in [1.165, 1.54) is 6.07 Å². The number of allylic oxidation sites excluding steroid dienone is 2. The third-order valence-corrected chi connectivity index (χ3v) is 5.39. The summed E-state index contributed by atoms with van der Waals surface area (Å²) >= 11 is 3.50. The summed E-state index contributed by atoms with van der Waals surface area (Å²) in [4.78, 5) is 0. The molecular formula is C19H15BrF3N. The first kappa shape index (κ1) is 15.8. The minimum absolute atomic E-state index is 0.0209. The van der Waals surface area contributed by atoms with E-state index in [9.17, 15) is 13.2 Å². The first-order valence-corrected chi connectivity index (χ1v) is 8.62. The molecule has 2 aliphatic rings. The van der Waals surface area contributed by atoms with Crippen molar-refractivity contribution in [3.05, 3.63) is 75.8 Å². The van der Waals surface area contributed by atoms with E-state index < -0.39 is 11.7 Å². The van der Waals surface area contributed by atoms with Crippen molar-refractivity contribution in [2.45, 2.75) is 24.6 Å².